The van der Waals surface area contributed by atoms with Crippen molar-refractivity contribution in [2.24, 2.45) is 0 Å². The van der Waals surface area contributed by atoms with Crippen molar-refractivity contribution in [3.05, 3.63) is 29.6 Å². The molecule has 1 N–H and O–H groups in total. The maximum atomic E-state index is 12.5. The lowest BCUT2D eigenvalue weighted by molar-refractivity contribution is 0.0755. The lowest BCUT2D eigenvalue weighted by Crippen LogP contribution is -2.33. The molecule has 0 radical (unpaired) electrons. The molecule has 2 heterocycles. The first kappa shape index (κ1) is 16.4. The van der Waals surface area contributed by atoms with Crippen molar-refractivity contribution < 1.29 is 14.3 Å². The van der Waals surface area contributed by atoms with E-state index in [1.807, 2.05) is 4.90 Å². The van der Waals surface area contributed by atoms with Crippen LogP contribution in [0.15, 0.2) is 18.2 Å². The second-order valence-corrected chi connectivity index (χ2v) is 5.36. The van der Waals surface area contributed by atoms with Crippen molar-refractivity contribution in [3.8, 4) is 0 Å². The Morgan fingerprint density at radius 1 is 1.18 bits per heavy atom. The standard InChI is InChI=1S/C16H23N3O3/c1-22-12-9-17-15(20)13-7-6-8-14(18-13)16(21)19-10-4-2-3-5-11-19/h6-8H,2-5,9-12H2,1H3,(H,17,20). The van der Waals surface area contributed by atoms with Gasteiger partial charge in [-0.15, -0.1) is 0 Å². The molecule has 1 aromatic rings. The van der Waals surface area contributed by atoms with Crippen LogP contribution < -0.4 is 5.32 Å². The molecule has 1 aliphatic heterocycles. The molecular formula is C16H23N3O3. The summed E-state index contributed by atoms with van der Waals surface area (Å²) >= 11 is 0. The van der Waals surface area contributed by atoms with Crippen LogP contribution >= 0.6 is 0 Å². The molecule has 0 aliphatic carbocycles. The topological polar surface area (TPSA) is 71.5 Å². The third kappa shape index (κ3) is 4.53. The minimum atomic E-state index is -0.289. The highest BCUT2D eigenvalue weighted by Crippen LogP contribution is 2.12. The third-order valence-corrected chi connectivity index (χ3v) is 3.69. The number of hydrogen-bond donors (Lipinski definition) is 1. The van der Waals surface area contributed by atoms with Gasteiger partial charge in [0.25, 0.3) is 11.8 Å². The van der Waals surface area contributed by atoms with Crippen LogP contribution in [-0.2, 0) is 4.74 Å². The molecule has 0 unspecified atom stereocenters. The summed E-state index contributed by atoms with van der Waals surface area (Å²) in [5.41, 5.74) is 0.595. The van der Waals surface area contributed by atoms with Gasteiger partial charge in [-0.1, -0.05) is 18.9 Å². The summed E-state index contributed by atoms with van der Waals surface area (Å²) in [5.74, 6) is -0.379. The van der Waals surface area contributed by atoms with Gasteiger partial charge in [-0.05, 0) is 25.0 Å². The fourth-order valence-electron chi connectivity index (χ4n) is 2.47. The number of hydrogen-bond acceptors (Lipinski definition) is 4. The molecule has 6 heteroatoms. The molecular weight excluding hydrogens is 282 g/mol. The first-order valence-corrected chi connectivity index (χ1v) is 7.76. The SMILES string of the molecule is COCCNC(=O)c1cccc(C(=O)N2CCCCCC2)n1. The summed E-state index contributed by atoms with van der Waals surface area (Å²) in [6, 6.07) is 4.98. The second-order valence-electron chi connectivity index (χ2n) is 5.36. The van der Waals surface area contributed by atoms with Crippen LogP contribution in [0.2, 0.25) is 0 Å². The Labute approximate surface area is 130 Å². The maximum Gasteiger partial charge on any atom is 0.272 e. The smallest absolute Gasteiger partial charge is 0.272 e. The van der Waals surface area contributed by atoms with Crippen molar-refractivity contribution in [3.63, 3.8) is 0 Å². The Hall–Kier alpha value is -1.95. The molecule has 22 heavy (non-hydrogen) atoms. The normalized spacial score (nSPS) is 15.2. The van der Waals surface area contributed by atoms with Crippen molar-refractivity contribution in [1.82, 2.24) is 15.2 Å². The molecule has 1 aliphatic rings. The maximum absolute atomic E-state index is 12.5. The highest BCUT2D eigenvalue weighted by atomic mass is 16.5. The van der Waals surface area contributed by atoms with E-state index in [1.54, 1.807) is 25.3 Å². The number of pyridine rings is 1. The van der Waals surface area contributed by atoms with Gasteiger partial charge < -0.3 is 15.0 Å². The highest BCUT2D eigenvalue weighted by Gasteiger charge is 2.19. The average Bonchev–Trinajstić information content (AvgIpc) is 2.83. The number of aromatic nitrogens is 1. The number of nitrogens with zero attached hydrogens (tertiary/aromatic N) is 2. The van der Waals surface area contributed by atoms with E-state index in [2.05, 4.69) is 10.3 Å². The van der Waals surface area contributed by atoms with Gasteiger partial charge in [-0.2, -0.15) is 0 Å². The predicted octanol–water partition coefficient (Wildman–Crippen LogP) is 1.47. The van der Waals surface area contributed by atoms with Crippen LogP contribution in [0.5, 0.6) is 0 Å². The lowest BCUT2D eigenvalue weighted by atomic mass is 10.2. The van der Waals surface area contributed by atoms with Crippen LogP contribution in [0, 0.1) is 0 Å². The summed E-state index contributed by atoms with van der Waals surface area (Å²) < 4.78 is 4.89. The minimum absolute atomic E-state index is 0.0894. The first-order chi connectivity index (χ1) is 10.7. The monoisotopic (exact) mass is 305 g/mol. The van der Waals surface area contributed by atoms with E-state index in [0.29, 0.717) is 18.8 Å². The van der Waals surface area contributed by atoms with Crippen LogP contribution in [0.1, 0.15) is 46.7 Å². The zero-order chi connectivity index (χ0) is 15.8. The molecule has 1 fully saturated rings. The summed E-state index contributed by atoms with van der Waals surface area (Å²) in [6.07, 6.45) is 4.39. The number of carbonyl (C=O) groups excluding carboxylic acids is 2. The van der Waals surface area contributed by atoms with Gasteiger partial charge in [0.2, 0.25) is 0 Å². The van der Waals surface area contributed by atoms with Gasteiger partial charge in [-0.3, -0.25) is 9.59 Å². The van der Waals surface area contributed by atoms with Gasteiger partial charge >= 0.3 is 0 Å². The highest BCUT2D eigenvalue weighted by molar-refractivity contribution is 5.96. The Morgan fingerprint density at radius 3 is 2.55 bits per heavy atom. The van der Waals surface area contributed by atoms with Gasteiger partial charge in [0.1, 0.15) is 11.4 Å². The average molecular weight is 305 g/mol. The van der Waals surface area contributed by atoms with Crippen molar-refractivity contribution >= 4 is 11.8 Å². The van der Waals surface area contributed by atoms with E-state index in [-0.39, 0.29) is 17.5 Å². The molecule has 6 nitrogen and oxygen atoms in total. The zero-order valence-electron chi connectivity index (χ0n) is 13.0. The third-order valence-electron chi connectivity index (χ3n) is 3.69. The van der Waals surface area contributed by atoms with Crippen LogP contribution in [0.4, 0.5) is 0 Å². The number of methoxy groups -OCH3 is 1. The molecule has 2 amide bonds. The number of rotatable bonds is 5. The molecule has 1 saturated heterocycles. The lowest BCUT2D eigenvalue weighted by Gasteiger charge is -2.19. The summed E-state index contributed by atoms with van der Waals surface area (Å²) in [6.45, 7) is 2.40. The van der Waals surface area contributed by atoms with Crippen LogP contribution in [0.25, 0.3) is 0 Å². The first-order valence-electron chi connectivity index (χ1n) is 7.76. The number of likely N-dealkylation sites (tertiary alicyclic amines) is 1. The predicted molar refractivity (Wildman–Crippen MR) is 82.8 cm³/mol. The molecule has 0 bridgehead atoms. The summed E-state index contributed by atoms with van der Waals surface area (Å²) in [5, 5.41) is 2.70. The molecule has 2 rings (SSSR count). The van der Waals surface area contributed by atoms with Crippen molar-refractivity contribution in [1.29, 1.82) is 0 Å². The second kappa shape index (κ2) is 8.48. The molecule has 0 aromatic carbocycles. The Bertz CT molecular complexity index is 511. The van der Waals surface area contributed by atoms with Crippen LogP contribution in [-0.4, -0.2) is 55.0 Å². The van der Waals surface area contributed by atoms with E-state index in [1.165, 1.54) is 12.8 Å². The van der Waals surface area contributed by atoms with Crippen LogP contribution in [0.3, 0.4) is 0 Å². The Kier molecular flexibility index (Phi) is 6.33. The Balaban J connectivity index is 2.03. The van der Waals surface area contributed by atoms with E-state index in [0.717, 1.165) is 25.9 Å². The Morgan fingerprint density at radius 2 is 1.86 bits per heavy atom. The number of carbonyl (C=O) groups is 2. The molecule has 1 aromatic heterocycles. The van der Waals surface area contributed by atoms with Gasteiger partial charge in [0, 0.05) is 26.7 Å². The van der Waals surface area contributed by atoms with E-state index < -0.39 is 0 Å². The van der Waals surface area contributed by atoms with Crippen molar-refractivity contribution in [2.45, 2.75) is 25.7 Å². The quantitative estimate of drug-likeness (QED) is 0.836. The van der Waals surface area contributed by atoms with E-state index in [4.69, 9.17) is 4.74 Å². The fraction of sp³-hybridized carbons (Fsp3) is 0.562. The summed E-state index contributed by atoms with van der Waals surface area (Å²) in [4.78, 5) is 30.5. The summed E-state index contributed by atoms with van der Waals surface area (Å²) in [7, 11) is 1.57. The number of nitrogens with one attached hydrogen (secondary N) is 1. The van der Waals surface area contributed by atoms with Gasteiger partial charge in [-0.25, -0.2) is 4.98 Å². The van der Waals surface area contributed by atoms with Gasteiger partial charge in [0.05, 0.1) is 6.61 Å². The number of amides is 2. The van der Waals surface area contributed by atoms with E-state index >= 15 is 0 Å². The molecule has 120 valence electrons. The zero-order valence-corrected chi connectivity index (χ0v) is 13.0. The molecule has 0 saturated carbocycles. The molecule has 0 spiro atoms. The largest absolute Gasteiger partial charge is 0.383 e. The molecule has 0 atom stereocenters. The van der Waals surface area contributed by atoms with E-state index in [9.17, 15) is 9.59 Å². The fourth-order valence-corrected chi connectivity index (χ4v) is 2.47. The number of ether oxygens (including phenoxy) is 1. The minimum Gasteiger partial charge on any atom is -0.383 e. The van der Waals surface area contributed by atoms with Crippen molar-refractivity contribution in [2.75, 3.05) is 33.4 Å². The van der Waals surface area contributed by atoms with Gasteiger partial charge in [0.15, 0.2) is 0 Å².